The highest BCUT2D eigenvalue weighted by Crippen LogP contribution is 2.33. The van der Waals surface area contributed by atoms with E-state index in [4.69, 9.17) is 19.7 Å². The molecule has 0 bridgehead atoms. The van der Waals surface area contributed by atoms with Crippen molar-refractivity contribution in [1.29, 1.82) is 0 Å². The molecule has 0 aliphatic heterocycles. The average Bonchev–Trinajstić information content (AvgIpc) is 2.16. The molecule has 0 aliphatic carbocycles. The molecule has 0 saturated carbocycles. The van der Waals surface area contributed by atoms with Crippen molar-refractivity contribution in [2.75, 3.05) is 14.2 Å². The number of hydrogen-bond acceptors (Lipinski definition) is 4. The Labute approximate surface area is 76.3 Å². The lowest BCUT2D eigenvalue weighted by molar-refractivity contribution is -0.0440. The molecular weight excluding hydrogens is 172 g/mol. The number of ether oxygens (including phenoxy) is 2. The largest absolute Gasteiger partial charge is 0.493 e. The zero-order valence-corrected chi connectivity index (χ0v) is 7.52. The number of methoxy groups -OCH3 is 2. The van der Waals surface area contributed by atoms with Gasteiger partial charge in [-0.25, -0.2) is 0 Å². The van der Waals surface area contributed by atoms with Crippen LogP contribution in [0.1, 0.15) is 11.9 Å². The van der Waals surface area contributed by atoms with Crippen molar-refractivity contribution in [2.45, 2.75) is 6.29 Å². The van der Waals surface area contributed by atoms with E-state index in [0.717, 1.165) is 0 Å². The van der Waals surface area contributed by atoms with E-state index in [9.17, 15) is 0 Å². The predicted molar refractivity (Wildman–Crippen MR) is 46.7 cm³/mol. The first-order valence-corrected chi connectivity index (χ1v) is 3.77. The van der Waals surface area contributed by atoms with Crippen molar-refractivity contribution in [3.63, 3.8) is 0 Å². The molecule has 0 atom stereocenters. The lowest BCUT2D eigenvalue weighted by atomic mass is 10.2. The summed E-state index contributed by atoms with van der Waals surface area (Å²) in [6, 6.07) is 4.91. The monoisotopic (exact) mass is 184 g/mol. The molecule has 0 heterocycles. The van der Waals surface area contributed by atoms with Gasteiger partial charge in [-0.1, -0.05) is 6.07 Å². The van der Waals surface area contributed by atoms with Gasteiger partial charge in [-0.15, -0.1) is 0 Å². The van der Waals surface area contributed by atoms with Crippen LogP contribution in [0.25, 0.3) is 0 Å². The summed E-state index contributed by atoms with van der Waals surface area (Å²) >= 11 is 0. The van der Waals surface area contributed by atoms with E-state index in [1.54, 1.807) is 18.2 Å². The van der Waals surface area contributed by atoms with Gasteiger partial charge in [-0.2, -0.15) is 0 Å². The van der Waals surface area contributed by atoms with Crippen molar-refractivity contribution < 1.29 is 19.7 Å². The molecule has 0 saturated heterocycles. The number of rotatable bonds is 3. The topological polar surface area (TPSA) is 58.9 Å². The molecule has 0 spiro atoms. The Morgan fingerprint density at radius 3 is 2.31 bits per heavy atom. The van der Waals surface area contributed by atoms with Gasteiger partial charge >= 0.3 is 0 Å². The fourth-order valence-electron chi connectivity index (χ4n) is 1.12. The highest BCUT2D eigenvalue weighted by atomic mass is 16.5. The summed E-state index contributed by atoms with van der Waals surface area (Å²) in [5.74, 6) is 0.827. The van der Waals surface area contributed by atoms with Gasteiger partial charge in [0.2, 0.25) is 0 Å². The quantitative estimate of drug-likeness (QED) is 0.678. The first-order chi connectivity index (χ1) is 6.20. The minimum Gasteiger partial charge on any atom is -0.493 e. The highest BCUT2D eigenvalue weighted by molar-refractivity contribution is 5.46. The third-order valence-corrected chi connectivity index (χ3v) is 1.71. The summed E-state index contributed by atoms with van der Waals surface area (Å²) in [7, 11) is 2.94. The number of para-hydroxylation sites is 1. The van der Waals surface area contributed by atoms with Crippen LogP contribution in [0.2, 0.25) is 0 Å². The zero-order valence-electron chi connectivity index (χ0n) is 7.52. The molecule has 0 unspecified atom stereocenters. The van der Waals surface area contributed by atoms with Gasteiger partial charge in [-0.3, -0.25) is 0 Å². The average molecular weight is 184 g/mol. The van der Waals surface area contributed by atoms with Crippen LogP contribution in [0.4, 0.5) is 0 Å². The van der Waals surface area contributed by atoms with Crippen LogP contribution in [0.5, 0.6) is 11.5 Å². The fraction of sp³-hybridized carbons (Fsp3) is 0.333. The van der Waals surface area contributed by atoms with Crippen LogP contribution in [0.3, 0.4) is 0 Å². The maximum atomic E-state index is 8.98. The minimum absolute atomic E-state index is 0.293. The molecule has 1 aromatic rings. The van der Waals surface area contributed by atoms with Gasteiger partial charge in [-0.05, 0) is 12.1 Å². The number of benzene rings is 1. The minimum atomic E-state index is -1.55. The third-order valence-electron chi connectivity index (χ3n) is 1.71. The van der Waals surface area contributed by atoms with E-state index >= 15 is 0 Å². The van der Waals surface area contributed by atoms with Gasteiger partial charge < -0.3 is 19.7 Å². The molecule has 0 radical (unpaired) electrons. The Kier molecular flexibility index (Phi) is 3.11. The van der Waals surface area contributed by atoms with Crippen LogP contribution in [-0.2, 0) is 0 Å². The van der Waals surface area contributed by atoms with E-state index < -0.39 is 6.29 Å². The Balaban J connectivity index is 3.19. The van der Waals surface area contributed by atoms with E-state index in [-0.39, 0.29) is 0 Å². The SMILES string of the molecule is COc1cccc(C(O)O)c1OC. The van der Waals surface area contributed by atoms with Crippen LogP contribution in [0.15, 0.2) is 18.2 Å². The molecule has 13 heavy (non-hydrogen) atoms. The predicted octanol–water partition coefficient (Wildman–Crippen LogP) is 0.687. The summed E-state index contributed by atoms with van der Waals surface area (Å²) < 4.78 is 9.96. The molecule has 1 rings (SSSR count). The fourth-order valence-corrected chi connectivity index (χ4v) is 1.12. The van der Waals surface area contributed by atoms with Gasteiger partial charge in [0.25, 0.3) is 0 Å². The summed E-state index contributed by atoms with van der Waals surface area (Å²) in [5, 5.41) is 18.0. The Morgan fingerprint density at radius 1 is 1.15 bits per heavy atom. The molecule has 1 aromatic carbocycles. The van der Waals surface area contributed by atoms with Crippen LogP contribution >= 0.6 is 0 Å². The van der Waals surface area contributed by atoms with Crippen molar-refractivity contribution in [3.05, 3.63) is 23.8 Å². The summed E-state index contributed by atoms with van der Waals surface area (Å²) in [5.41, 5.74) is 0.293. The molecule has 4 nitrogen and oxygen atoms in total. The Hall–Kier alpha value is -1.26. The van der Waals surface area contributed by atoms with E-state index in [1.165, 1.54) is 14.2 Å². The van der Waals surface area contributed by atoms with E-state index in [0.29, 0.717) is 17.1 Å². The van der Waals surface area contributed by atoms with Crippen molar-refractivity contribution in [3.8, 4) is 11.5 Å². The van der Waals surface area contributed by atoms with E-state index in [1.807, 2.05) is 0 Å². The van der Waals surface area contributed by atoms with Crippen molar-refractivity contribution >= 4 is 0 Å². The molecular formula is C9H12O4. The molecule has 0 fully saturated rings. The lowest BCUT2D eigenvalue weighted by Crippen LogP contribution is -2.00. The van der Waals surface area contributed by atoms with Crippen LogP contribution in [-0.4, -0.2) is 24.4 Å². The molecule has 0 amide bonds. The molecule has 2 N–H and O–H groups in total. The van der Waals surface area contributed by atoms with Gasteiger partial charge in [0.15, 0.2) is 17.8 Å². The summed E-state index contributed by atoms with van der Waals surface area (Å²) in [6.07, 6.45) is -1.55. The Bertz CT molecular complexity index is 283. The van der Waals surface area contributed by atoms with Gasteiger partial charge in [0.05, 0.1) is 19.8 Å². The molecule has 4 heteroatoms. The maximum Gasteiger partial charge on any atom is 0.182 e. The van der Waals surface area contributed by atoms with Gasteiger partial charge in [0, 0.05) is 0 Å². The normalized spacial score (nSPS) is 10.2. The zero-order chi connectivity index (χ0) is 9.84. The molecule has 0 aromatic heterocycles. The first-order valence-electron chi connectivity index (χ1n) is 3.77. The second-order valence-corrected chi connectivity index (χ2v) is 2.46. The first kappa shape index (κ1) is 9.83. The second kappa shape index (κ2) is 4.11. The van der Waals surface area contributed by atoms with Crippen molar-refractivity contribution in [2.24, 2.45) is 0 Å². The summed E-state index contributed by atoms with van der Waals surface area (Å²) in [6.45, 7) is 0. The van der Waals surface area contributed by atoms with Gasteiger partial charge in [0.1, 0.15) is 0 Å². The third kappa shape index (κ3) is 1.91. The number of aliphatic hydroxyl groups excluding tert-OH is 1. The second-order valence-electron chi connectivity index (χ2n) is 2.46. The van der Waals surface area contributed by atoms with Crippen LogP contribution in [0, 0.1) is 0 Å². The molecule has 0 aliphatic rings. The van der Waals surface area contributed by atoms with Crippen LogP contribution < -0.4 is 9.47 Å². The number of hydrogen-bond donors (Lipinski definition) is 2. The Morgan fingerprint density at radius 2 is 1.85 bits per heavy atom. The van der Waals surface area contributed by atoms with E-state index in [2.05, 4.69) is 0 Å². The van der Waals surface area contributed by atoms with Crippen molar-refractivity contribution in [1.82, 2.24) is 0 Å². The lowest BCUT2D eigenvalue weighted by Gasteiger charge is -2.13. The highest BCUT2D eigenvalue weighted by Gasteiger charge is 2.13. The molecule has 72 valence electrons. The number of aliphatic hydroxyl groups is 2. The summed E-state index contributed by atoms with van der Waals surface area (Å²) in [4.78, 5) is 0. The maximum absolute atomic E-state index is 8.98. The standard InChI is InChI=1S/C9H12O4/c1-12-7-5-3-4-6(9(10)11)8(7)13-2/h3-5,9-11H,1-2H3. The smallest absolute Gasteiger partial charge is 0.182 e.